The van der Waals surface area contributed by atoms with Gasteiger partial charge in [0.25, 0.3) is 0 Å². The van der Waals surface area contributed by atoms with Crippen molar-refractivity contribution < 1.29 is 17.9 Å². The molecule has 1 saturated heterocycles. The summed E-state index contributed by atoms with van der Waals surface area (Å²) in [5, 5.41) is 0. The topological polar surface area (TPSA) is 55.8 Å². The number of benzene rings is 2. The minimum atomic E-state index is -3.49. The minimum Gasteiger partial charge on any atom is -0.496 e. The Morgan fingerprint density at radius 2 is 1.70 bits per heavy atom. The van der Waals surface area contributed by atoms with Crippen LogP contribution < -0.4 is 4.74 Å². The van der Waals surface area contributed by atoms with Gasteiger partial charge in [-0.3, -0.25) is 0 Å². The molecule has 1 heterocycles. The first-order chi connectivity index (χ1) is 13.0. The van der Waals surface area contributed by atoms with Crippen LogP contribution in [0.4, 0.5) is 0 Å². The number of hydrogen-bond donors (Lipinski definition) is 0. The Morgan fingerprint density at radius 1 is 1.04 bits per heavy atom. The number of rotatable bonds is 6. The van der Waals surface area contributed by atoms with E-state index in [-0.39, 0.29) is 6.10 Å². The molecule has 0 aromatic heterocycles. The third-order valence-corrected chi connectivity index (χ3v) is 7.21. The van der Waals surface area contributed by atoms with Crippen LogP contribution >= 0.6 is 0 Å². The van der Waals surface area contributed by atoms with E-state index in [4.69, 9.17) is 9.47 Å². The molecule has 1 aliphatic rings. The van der Waals surface area contributed by atoms with E-state index in [0.717, 1.165) is 24.0 Å². The molecule has 0 aliphatic carbocycles. The van der Waals surface area contributed by atoms with E-state index in [9.17, 15) is 8.42 Å². The Balaban J connectivity index is 1.72. The third-order valence-electron chi connectivity index (χ3n) is 5.31. The maximum Gasteiger partial charge on any atom is 0.243 e. The molecule has 3 rings (SSSR count). The quantitative estimate of drug-likeness (QED) is 0.754. The molecule has 1 atom stereocenters. The van der Waals surface area contributed by atoms with Crippen LogP contribution in [0.25, 0.3) is 0 Å². The lowest BCUT2D eigenvalue weighted by Crippen LogP contribution is -2.40. The van der Waals surface area contributed by atoms with Gasteiger partial charge in [0, 0.05) is 20.2 Å². The van der Waals surface area contributed by atoms with E-state index in [1.165, 1.54) is 0 Å². The van der Waals surface area contributed by atoms with E-state index in [1.807, 2.05) is 25.1 Å². The molecule has 146 valence electrons. The fourth-order valence-electron chi connectivity index (χ4n) is 3.82. The number of methoxy groups -OCH3 is 2. The van der Waals surface area contributed by atoms with Gasteiger partial charge in [0.2, 0.25) is 10.0 Å². The Morgan fingerprint density at radius 3 is 2.26 bits per heavy atom. The van der Waals surface area contributed by atoms with Gasteiger partial charge >= 0.3 is 0 Å². The van der Waals surface area contributed by atoms with Crippen molar-refractivity contribution in [3.63, 3.8) is 0 Å². The molecule has 2 aromatic rings. The van der Waals surface area contributed by atoms with Crippen LogP contribution in [0.15, 0.2) is 53.4 Å². The van der Waals surface area contributed by atoms with Crippen LogP contribution in [0, 0.1) is 12.8 Å². The van der Waals surface area contributed by atoms with Crippen molar-refractivity contribution in [1.29, 1.82) is 0 Å². The van der Waals surface area contributed by atoms with Crippen LogP contribution in [-0.4, -0.2) is 40.0 Å². The summed E-state index contributed by atoms with van der Waals surface area (Å²) < 4.78 is 38.6. The normalized spacial score (nSPS) is 17.6. The van der Waals surface area contributed by atoms with Gasteiger partial charge in [-0.05, 0) is 55.0 Å². The second-order valence-electron chi connectivity index (χ2n) is 6.94. The van der Waals surface area contributed by atoms with Gasteiger partial charge in [-0.1, -0.05) is 30.3 Å². The Bertz CT molecular complexity index is 859. The molecule has 0 spiro atoms. The summed E-state index contributed by atoms with van der Waals surface area (Å²) >= 11 is 0. The molecule has 0 N–H and O–H groups in total. The highest BCUT2D eigenvalue weighted by atomic mass is 32.2. The summed E-state index contributed by atoms with van der Waals surface area (Å²) in [6.45, 7) is 2.86. The van der Waals surface area contributed by atoms with Gasteiger partial charge in [0.1, 0.15) is 5.75 Å². The van der Waals surface area contributed by atoms with Gasteiger partial charge in [0.15, 0.2) is 0 Å². The zero-order valence-electron chi connectivity index (χ0n) is 16.1. The fourth-order valence-corrected chi connectivity index (χ4v) is 5.38. The second-order valence-corrected chi connectivity index (χ2v) is 8.88. The molecule has 0 bridgehead atoms. The first-order valence-corrected chi connectivity index (χ1v) is 10.6. The average molecular weight is 390 g/mol. The van der Waals surface area contributed by atoms with Crippen LogP contribution in [-0.2, 0) is 14.8 Å². The summed E-state index contributed by atoms with van der Waals surface area (Å²) in [5.74, 6) is 1.000. The molecule has 1 fully saturated rings. The molecule has 1 unspecified atom stereocenters. The van der Waals surface area contributed by atoms with Gasteiger partial charge in [-0.2, -0.15) is 4.31 Å². The lowest BCUT2D eigenvalue weighted by atomic mass is 9.88. The fraction of sp³-hybridized carbons (Fsp3) is 0.429. The molecular weight excluding hydrogens is 362 g/mol. The molecule has 0 radical (unpaired) electrons. The van der Waals surface area contributed by atoms with E-state index in [0.29, 0.717) is 29.7 Å². The standard InChI is InChI=1S/C21H27NO4S/c1-16-15-19(9-10-20(16)25-2)27(23,24)22-13-11-18(12-14-22)21(26-3)17-7-5-4-6-8-17/h4-10,15,18,21H,11-14H2,1-3H3. The van der Waals surface area contributed by atoms with Crippen molar-refractivity contribution in [2.45, 2.75) is 30.8 Å². The van der Waals surface area contributed by atoms with Crippen LogP contribution in [0.1, 0.15) is 30.1 Å². The molecule has 5 nitrogen and oxygen atoms in total. The lowest BCUT2D eigenvalue weighted by molar-refractivity contribution is 0.0303. The number of piperidine rings is 1. The molecular formula is C21H27NO4S. The van der Waals surface area contributed by atoms with E-state index in [2.05, 4.69) is 12.1 Å². The first kappa shape index (κ1) is 19.9. The van der Waals surface area contributed by atoms with Gasteiger partial charge in [-0.25, -0.2) is 8.42 Å². The van der Waals surface area contributed by atoms with Gasteiger partial charge in [0.05, 0.1) is 18.1 Å². The van der Waals surface area contributed by atoms with Crippen LogP contribution in [0.2, 0.25) is 0 Å². The molecule has 1 aliphatic heterocycles. The summed E-state index contributed by atoms with van der Waals surface area (Å²) in [7, 11) is -0.186. The number of hydrogen-bond acceptors (Lipinski definition) is 4. The minimum absolute atomic E-state index is 0.000662. The molecule has 27 heavy (non-hydrogen) atoms. The summed E-state index contributed by atoms with van der Waals surface area (Å²) in [5.41, 5.74) is 1.96. The van der Waals surface area contributed by atoms with Crippen molar-refractivity contribution in [2.24, 2.45) is 5.92 Å². The summed E-state index contributed by atoms with van der Waals surface area (Å²) in [6, 6.07) is 15.2. The third kappa shape index (κ3) is 4.18. The van der Waals surface area contributed by atoms with E-state index in [1.54, 1.807) is 36.7 Å². The van der Waals surface area contributed by atoms with Crippen molar-refractivity contribution in [3.8, 4) is 5.75 Å². The van der Waals surface area contributed by atoms with Crippen molar-refractivity contribution in [3.05, 3.63) is 59.7 Å². The largest absolute Gasteiger partial charge is 0.496 e. The summed E-state index contributed by atoms with van der Waals surface area (Å²) in [4.78, 5) is 0.325. The van der Waals surface area contributed by atoms with Crippen LogP contribution in [0.5, 0.6) is 5.75 Å². The first-order valence-electron chi connectivity index (χ1n) is 9.20. The highest BCUT2D eigenvalue weighted by Gasteiger charge is 2.33. The van der Waals surface area contributed by atoms with Crippen molar-refractivity contribution in [2.75, 3.05) is 27.3 Å². The van der Waals surface area contributed by atoms with Crippen LogP contribution in [0.3, 0.4) is 0 Å². The van der Waals surface area contributed by atoms with Crippen molar-refractivity contribution >= 4 is 10.0 Å². The molecule has 0 saturated carbocycles. The monoisotopic (exact) mass is 389 g/mol. The molecule has 6 heteroatoms. The number of ether oxygens (including phenoxy) is 2. The number of aryl methyl sites for hydroxylation is 1. The highest BCUT2D eigenvalue weighted by Crippen LogP contribution is 2.35. The van der Waals surface area contributed by atoms with Crippen molar-refractivity contribution in [1.82, 2.24) is 4.31 Å². The predicted molar refractivity (Wildman–Crippen MR) is 105 cm³/mol. The molecule has 0 amide bonds. The van der Waals surface area contributed by atoms with E-state index < -0.39 is 10.0 Å². The number of nitrogens with zero attached hydrogens (tertiary/aromatic N) is 1. The average Bonchev–Trinajstić information content (AvgIpc) is 2.70. The zero-order valence-corrected chi connectivity index (χ0v) is 16.9. The summed E-state index contributed by atoms with van der Waals surface area (Å²) in [6.07, 6.45) is 1.56. The zero-order chi connectivity index (χ0) is 19.4. The molecule has 2 aromatic carbocycles. The Kier molecular flexibility index (Phi) is 6.19. The second kappa shape index (κ2) is 8.42. The maximum atomic E-state index is 13.0. The van der Waals surface area contributed by atoms with Gasteiger partial charge < -0.3 is 9.47 Å². The predicted octanol–water partition coefficient (Wildman–Crippen LogP) is 3.79. The highest BCUT2D eigenvalue weighted by molar-refractivity contribution is 7.89. The number of sulfonamides is 1. The Hall–Kier alpha value is -1.89. The van der Waals surface area contributed by atoms with Gasteiger partial charge in [-0.15, -0.1) is 0 Å². The van der Waals surface area contributed by atoms with E-state index >= 15 is 0 Å². The smallest absolute Gasteiger partial charge is 0.243 e. The SMILES string of the molecule is COc1ccc(S(=O)(=O)N2CCC(C(OC)c3ccccc3)CC2)cc1C. The Labute approximate surface area is 162 Å². The maximum absolute atomic E-state index is 13.0. The lowest BCUT2D eigenvalue weighted by Gasteiger charge is -2.35.